The van der Waals surface area contributed by atoms with Crippen LogP contribution in [0.4, 0.5) is 5.69 Å². The minimum Gasteiger partial charge on any atom is -0.394 e. The fourth-order valence-electron chi connectivity index (χ4n) is 1.92. The third-order valence-corrected chi connectivity index (χ3v) is 3.37. The molecule has 0 spiro atoms. The topological polar surface area (TPSA) is 95.5 Å². The molecule has 0 saturated carbocycles. The van der Waals surface area contributed by atoms with E-state index in [0.717, 1.165) is 6.26 Å². The van der Waals surface area contributed by atoms with Gasteiger partial charge in [0.25, 0.3) is 5.91 Å². The Morgan fingerprint density at radius 3 is 2.24 bits per heavy atom. The Kier molecular flexibility index (Phi) is 6.17. The van der Waals surface area contributed by atoms with Crippen LogP contribution in [0.25, 0.3) is 0 Å². The van der Waals surface area contributed by atoms with Gasteiger partial charge >= 0.3 is 0 Å². The predicted octanol–water partition coefficient (Wildman–Crippen LogP) is 1.19. The first-order chi connectivity index (χ1) is 9.71. The third-order valence-electron chi connectivity index (χ3n) is 2.76. The standard InChI is InChI=1S/C14H22N2O4S/c1-10(2)8-13(9-17)15-14(18)11-4-6-12(7-5-11)16-21(3,19)20/h4-7,10,13,16-17H,8-9H2,1-3H3,(H,15,18). The van der Waals surface area contributed by atoms with Crippen LogP contribution < -0.4 is 10.0 Å². The lowest BCUT2D eigenvalue weighted by molar-refractivity contribution is 0.0908. The Hall–Kier alpha value is -1.60. The highest BCUT2D eigenvalue weighted by atomic mass is 32.2. The molecule has 0 aliphatic carbocycles. The molecule has 0 fully saturated rings. The fraction of sp³-hybridized carbons (Fsp3) is 0.500. The van der Waals surface area contributed by atoms with Gasteiger partial charge in [-0.1, -0.05) is 13.8 Å². The minimum absolute atomic E-state index is 0.113. The Labute approximate surface area is 125 Å². The van der Waals surface area contributed by atoms with Gasteiger partial charge in [-0.25, -0.2) is 8.42 Å². The highest BCUT2D eigenvalue weighted by molar-refractivity contribution is 7.92. The van der Waals surface area contributed by atoms with E-state index in [0.29, 0.717) is 23.6 Å². The maximum atomic E-state index is 12.0. The lowest BCUT2D eigenvalue weighted by Crippen LogP contribution is -2.38. The van der Waals surface area contributed by atoms with E-state index in [1.807, 2.05) is 13.8 Å². The van der Waals surface area contributed by atoms with Gasteiger partial charge in [0.15, 0.2) is 0 Å². The van der Waals surface area contributed by atoms with Crippen LogP contribution in [0.5, 0.6) is 0 Å². The highest BCUT2D eigenvalue weighted by Crippen LogP contribution is 2.12. The summed E-state index contributed by atoms with van der Waals surface area (Å²) >= 11 is 0. The smallest absolute Gasteiger partial charge is 0.251 e. The third kappa shape index (κ3) is 6.59. The van der Waals surface area contributed by atoms with Gasteiger partial charge in [-0.05, 0) is 36.6 Å². The number of carbonyl (C=O) groups excluding carboxylic acids is 1. The molecular formula is C14H22N2O4S. The lowest BCUT2D eigenvalue weighted by Gasteiger charge is -2.18. The average Bonchev–Trinajstić information content (AvgIpc) is 2.36. The number of amides is 1. The number of rotatable bonds is 7. The molecule has 0 heterocycles. The molecule has 1 aromatic carbocycles. The summed E-state index contributed by atoms with van der Waals surface area (Å²) in [6.07, 6.45) is 1.75. The summed E-state index contributed by atoms with van der Waals surface area (Å²) in [5.41, 5.74) is 0.811. The lowest BCUT2D eigenvalue weighted by atomic mass is 10.0. The quantitative estimate of drug-likeness (QED) is 0.704. The predicted molar refractivity (Wildman–Crippen MR) is 82.7 cm³/mol. The zero-order valence-electron chi connectivity index (χ0n) is 12.5. The van der Waals surface area contributed by atoms with Crippen molar-refractivity contribution in [2.24, 2.45) is 5.92 Å². The van der Waals surface area contributed by atoms with Crippen LogP contribution in [-0.4, -0.2) is 38.3 Å². The zero-order valence-corrected chi connectivity index (χ0v) is 13.3. The van der Waals surface area contributed by atoms with E-state index in [9.17, 15) is 18.3 Å². The SMILES string of the molecule is CC(C)CC(CO)NC(=O)c1ccc(NS(C)(=O)=O)cc1. The van der Waals surface area contributed by atoms with E-state index in [4.69, 9.17) is 0 Å². The van der Waals surface area contributed by atoms with Crippen molar-refractivity contribution in [2.45, 2.75) is 26.3 Å². The molecule has 0 bridgehead atoms. The van der Waals surface area contributed by atoms with Crippen LogP contribution in [0.15, 0.2) is 24.3 Å². The van der Waals surface area contributed by atoms with Crippen LogP contribution in [-0.2, 0) is 10.0 Å². The second kappa shape index (κ2) is 7.42. The normalized spacial score (nSPS) is 13.0. The van der Waals surface area contributed by atoms with Gasteiger partial charge in [0.05, 0.1) is 18.9 Å². The second-order valence-corrected chi connectivity index (χ2v) is 7.18. The molecule has 7 heteroatoms. The summed E-state index contributed by atoms with van der Waals surface area (Å²) in [6, 6.07) is 5.82. The molecule has 1 atom stereocenters. The number of carbonyl (C=O) groups is 1. The molecule has 0 radical (unpaired) electrons. The first-order valence-corrected chi connectivity index (χ1v) is 8.60. The molecule has 6 nitrogen and oxygen atoms in total. The van der Waals surface area contributed by atoms with E-state index in [2.05, 4.69) is 10.0 Å². The Morgan fingerprint density at radius 1 is 1.24 bits per heavy atom. The van der Waals surface area contributed by atoms with E-state index in [-0.39, 0.29) is 18.6 Å². The molecule has 118 valence electrons. The van der Waals surface area contributed by atoms with Gasteiger partial charge in [0, 0.05) is 11.3 Å². The molecule has 0 saturated heterocycles. The summed E-state index contributed by atoms with van der Waals surface area (Å²) in [4.78, 5) is 12.0. The number of aliphatic hydroxyl groups excluding tert-OH is 1. The molecule has 1 aromatic rings. The van der Waals surface area contributed by atoms with Gasteiger partial charge in [-0.15, -0.1) is 0 Å². The molecule has 3 N–H and O–H groups in total. The summed E-state index contributed by atoms with van der Waals surface area (Å²) in [7, 11) is -3.33. The Balaban J connectivity index is 2.70. The molecule has 1 rings (SSSR count). The largest absolute Gasteiger partial charge is 0.394 e. The van der Waals surface area contributed by atoms with Crippen molar-refractivity contribution in [3.8, 4) is 0 Å². The molecule has 0 aromatic heterocycles. The number of benzene rings is 1. The van der Waals surface area contributed by atoms with Crippen LogP contribution >= 0.6 is 0 Å². The monoisotopic (exact) mass is 314 g/mol. The summed E-state index contributed by atoms with van der Waals surface area (Å²) in [6.45, 7) is 3.92. The van der Waals surface area contributed by atoms with Gasteiger partial charge in [-0.3, -0.25) is 9.52 Å². The van der Waals surface area contributed by atoms with Gasteiger partial charge < -0.3 is 10.4 Å². The summed E-state index contributed by atoms with van der Waals surface area (Å²) in [5.74, 6) is 0.0735. The zero-order chi connectivity index (χ0) is 16.0. The van der Waals surface area contributed by atoms with Crippen molar-refractivity contribution in [3.05, 3.63) is 29.8 Å². The van der Waals surface area contributed by atoms with Crippen molar-refractivity contribution in [2.75, 3.05) is 17.6 Å². The van der Waals surface area contributed by atoms with E-state index in [1.165, 1.54) is 24.3 Å². The molecule has 1 unspecified atom stereocenters. The fourth-order valence-corrected chi connectivity index (χ4v) is 2.48. The van der Waals surface area contributed by atoms with E-state index < -0.39 is 10.0 Å². The number of anilines is 1. The van der Waals surface area contributed by atoms with Gasteiger partial charge in [0.2, 0.25) is 10.0 Å². The Morgan fingerprint density at radius 2 is 1.81 bits per heavy atom. The summed E-state index contributed by atoms with van der Waals surface area (Å²) in [5, 5.41) is 12.0. The Bertz CT molecular complexity index is 567. The van der Waals surface area contributed by atoms with Crippen LogP contribution in [0.3, 0.4) is 0 Å². The van der Waals surface area contributed by atoms with Crippen molar-refractivity contribution in [1.29, 1.82) is 0 Å². The number of nitrogens with one attached hydrogen (secondary N) is 2. The van der Waals surface area contributed by atoms with Gasteiger partial charge in [-0.2, -0.15) is 0 Å². The maximum Gasteiger partial charge on any atom is 0.251 e. The molecular weight excluding hydrogens is 292 g/mol. The first-order valence-electron chi connectivity index (χ1n) is 6.71. The molecule has 0 aliphatic rings. The van der Waals surface area contributed by atoms with E-state index in [1.54, 1.807) is 0 Å². The minimum atomic E-state index is -3.33. The maximum absolute atomic E-state index is 12.0. The average molecular weight is 314 g/mol. The number of aliphatic hydroxyl groups is 1. The number of hydrogen-bond donors (Lipinski definition) is 3. The van der Waals surface area contributed by atoms with Crippen molar-refractivity contribution >= 4 is 21.6 Å². The van der Waals surface area contributed by atoms with Crippen LogP contribution in [0.1, 0.15) is 30.6 Å². The van der Waals surface area contributed by atoms with Gasteiger partial charge in [0.1, 0.15) is 0 Å². The molecule has 0 aliphatic heterocycles. The summed E-state index contributed by atoms with van der Waals surface area (Å²) < 4.78 is 24.5. The molecule has 1 amide bonds. The highest BCUT2D eigenvalue weighted by Gasteiger charge is 2.14. The van der Waals surface area contributed by atoms with Crippen LogP contribution in [0, 0.1) is 5.92 Å². The van der Waals surface area contributed by atoms with E-state index >= 15 is 0 Å². The first kappa shape index (κ1) is 17.5. The van der Waals surface area contributed by atoms with Crippen molar-refractivity contribution in [1.82, 2.24) is 5.32 Å². The van der Waals surface area contributed by atoms with Crippen molar-refractivity contribution in [3.63, 3.8) is 0 Å². The second-order valence-electron chi connectivity index (χ2n) is 5.43. The number of hydrogen-bond acceptors (Lipinski definition) is 4. The molecule has 21 heavy (non-hydrogen) atoms. The van der Waals surface area contributed by atoms with Crippen molar-refractivity contribution < 1.29 is 18.3 Å². The number of sulfonamides is 1. The van der Waals surface area contributed by atoms with Crippen LogP contribution in [0.2, 0.25) is 0 Å².